The number of benzene rings is 2. The highest BCUT2D eigenvalue weighted by Gasteiger charge is 2.14. The Kier molecular flexibility index (Phi) is 9.70. The van der Waals surface area contributed by atoms with Gasteiger partial charge in [-0.1, -0.05) is 60.7 Å². The van der Waals surface area contributed by atoms with Gasteiger partial charge in [0, 0.05) is 38.8 Å². The van der Waals surface area contributed by atoms with Gasteiger partial charge in [-0.05, 0) is 30.0 Å². The van der Waals surface area contributed by atoms with Crippen LogP contribution < -0.4 is 10.6 Å². The first-order valence-corrected chi connectivity index (χ1v) is 9.79. The molecule has 29 heavy (non-hydrogen) atoms. The molecule has 3 aromatic rings. The number of aliphatic imine (C=N–C) groups is 1. The Morgan fingerprint density at radius 3 is 2.14 bits per heavy atom. The Hall–Kier alpha value is -2.35. The van der Waals surface area contributed by atoms with Crippen molar-refractivity contribution in [3.63, 3.8) is 0 Å². The van der Waals surface area contributed by atoms with Gasteiger partial charge in [0.25, 0.3) is 0 Å². The second-order valence-corrected chi connectivity index (χ2v) is 6.89. The van der Waals surface area contributed by atoms with Crippen molar-refractivity contribution in [2.45, 2.75) is 25.8 Å². The van der Waals surface area contributed by atoms with Gasteiger partial charge in [0.1, 0.15) is 0 Å². The molecule has 0 saturated heterocycles. The molecule has 0 bridgehead atoms. The smallest absolute Gasteiger partial charge is 0.191 e. The fourth-order valence-corrected chi connectivity index (χ4v) is 3.26. The highest BCUT2D eigenvalue weighted by atomic mass is 127. The van der Waals surface area contributed by atoms with Crippen molar-refractivity contribution in [1.82, 2.24) is 20.4 Å². The Labute approximate surface area is 190 Å². The van der Waals surface area contributed by atoms with Crippen LogP contribution in [0.1, 0.15) is 29.0 Å². The van der Waals surface area contributed by atoms with Gasteiger partial charge in [-0.2, -0.15) is 5.10 Å². The van der Waals surface area contributed by atoms with E-state index in [9.17, 15) is 0 Å². The summed E-state index contributed by atoms with van der Waals surface area (Å²) in [5.74, 6) is 1.10. The molecule has 0 saturated carbocycles. The number of nitrogens with zero attached hydrogens (tertiary/aromatic N) is 3. The molecule has 0 fully saturated rings. The third-order valence-corrected chi connectivity index (χ3v) is 4.72. The maximum atomic E-state index is 4.37. The van der Waals surface area contributed by atoms with Crippen molar-refractivity contribution >= 4 is 29.9 Å². The number of rotatable bonds is 8. The molecule has 1 aromatic heterocycles. The summed E-state index contributed by atoms with van der Waals surface area (Å²) in [7, 11) is 1.81. The standard InChI is InChI=1S/C23H29N5.HI/c1-19-16-27-28(18-19)15-9-14-25-23(24-2)26-17-22(20-10-5-3-6-11-20)21-12-7-4-8-13-21;/h3-8,10-13,16,18,22H,9,14-15,17H2,1-2H3,(H2,24,25,26);1H. The van der Waals surface area contributed by atoms with Gasteiger partial charge in [0.2, 0.25) is 0 Å². The number of halogens is 1. The first kappa shape index (κ1) is 22.9. The molecule has 0 aliphatic heterocycles. The summed E-state index contributed by atoms with van der Waals surface area (Å²) in [5, 5.41) is 11.2. The highest BCUT2D eigenvalue weighted by Crippen LogP contribution is 2.23. The molecular weight excluding hydrogens is 473 g/mol. The van der Waals surface area contributed by atoms with Crippen LogP contribution in [0.5, 0.6) is 0 Å². The molecule has 0 amide bonds. The van der Waals surface area contributed by atoms with Crippen LogP contribution in [0.2, 0.25) is 0 Å². The van der Waals surface area contributed by atoms with Crippen LogP contribution in [0.15, 0.2) is 78.0 Å². The monoisotopic (exact) mass is 503 g/mol. The lowest BCUT2D eigenvalue weighted by Gasteiger charge is -2.20. The normalized spacial score (nSPS) is 11.2. The van der Waals surface area contributed by atoms with E-state index in [1.807, 2.05) is 17.9 Å². The molecule has 0 unspecified atom stereocenters. The molecule has 0 atom stereocenters. The molecule has 0 aliphatic rings. The van der Waals surface area contributed by atoms with E-state index in [1.165, 1.54) is 16.7 Å². The van der Waals surface area contributed by atoms with Crippen LogP contribution >= 0.6 is 24.0 Å². The lowest BCUT2D eigenvalue weighted by Crippen LogP contribution is -2.40. The van der Waals surface area contributed by atoms with Crippen LogP contribution in [0.25, 0.3) is 0 Å². The van der Waals surface area contributed by atoms with E-state index in [-0.39, 0.29) is 29.9 Å². The van der Waals surface area contributed by atoms with E-state index >= 15 is 0 Å². The van der Waals surface area contributed by atoms with Crippen molar-refractivity contribution in [3.05, 3.63) is 89.7 Å². The van der Waals surface area contributed by atoms with Crippen LogP contribution in [0.4, 0.5) is 0 Å². The third-order valence-electron chi connectivity index (χ3n) is 4.72. The largest absolute Gasteiger partial charge is 0.356 e. The quantitative estimate of drug-likeness (QED) is 0.210. The second-order valence-electron chi connectivity index (χ2n) is 6.89. The zero-order valence-corrected chi connectivity index (χ0v) is 19.4. The third kappa shape index (κ3) is 7.20. The van der Waals surface area contributed by atoms with Crippen molar-refractivity contribution in [2.75, 3.05) is 20.1 Å². The molecule has 0 aliphatic carbocycles. The van der Waals surface area contributed by atoms with Gasteiger partial charge in [-0.25, -0.2) is 0 Å². The van der Waals surface area contributed by atoms with Crippen LogP contribution in [0, 0.1) is 6.92 Å². The lowest BCUT2D eigenvalue weighted by molar-refractivity contribution is 0.569. The van der Waals surface area contributed by atoms with Gasteiger partial charge < -0.3 is 10.6 Å². The zero-order chi connectivity index (χ0) is 19.6. The first-order chi connectivity index (χ1) is 13.8. The summed E-state index contributed by atoms with van der Waals surface area (Å²) in [6.07, 6.45) is 4.95. The molecule has 154 valence electrons. The zero-order valence-electron chi connectivity index (χ0n) is 17.1. The molecule has 0 spiro atoms. The molecular formula is C23H30IN5. The number of aryl methyl sites for hydroxylation is 2. The molecule has 2 aromatic carbocycles. The second kappa shape index (κ2) is 12.3. The van der Waals surface area contributed by atoms with Gasteiger partial charge >= 0.3 is 0 Å². The summed E-state index contributed by atoms with van der Waals surface area (Å²) in [6, 6.07) is 21.2. The van der Waals surface area contributed by atoms with E-state index < -0.39 is 0 Å². The summed E-state index contributed by atoms with van der Waals surface area (Å²) in [6.45, 7) is 4.59. The van der Waals surface area contributed by atoms with Crippen molar-refractivity contribution < 1.29 is 0 Å². The topological polar surface area (TPSA) is 54.2 Å². The maximum Gasteiger partial charge on any atom is 0.191 e. The molecule has 6 heteroatoms. The minimum absolute atomic E-state index is 0. The fraction of sp³-hybridized carbons (Fsp3) is 0.304. The van der Waals surface area contributed by atoms with Crippen LogP contribution in [-0.2, 0) is 6.54 Å². The van der Waals surface area contributed by atoms with Crippen molar-refractivity contribution in [1.29, 1.82) is 0 Å². The van der Waals surface area contributed by atoms with Crippen molar-refractivity contribution in [3.8, 4) is 0 Å². The number of guanidine groups is 1. The van der Waals surface area contributed by atoms with Gasteiger partial charge in [-0.3, -0.25) is 9.67 Å². The van der Waals surface area contributed by atoms with E-state index in [0.29, 0.717) is 0 Å². The number of nitrogens with one attached hydrogen (secondary N) is 2. The van der Waals surface area contributed by atoms with Gasteiger partial charge in [-0.15, -0.1) is 24.0 Å². The Morgan fingerprint density at radius 2 is 1.62 bits per heavy atom. The fourth-order valence-electron chi connectivity index (χ4n) is 3.26. The molecule has 1 heterocycles. The van der Waals surface area contributed by atoms with Crippen molar-refractivity contribution in [2.24, 2.45) is 4.99 Å². The predicted octanol–water partition coefficient (Wildman–Crippen LogP) is 4.20. The SMILES string of the molecule is CN=C(NCCCn1cc(C)cn1)NCC(c1ccccc1)c1ccccc1.I. The number of hydrogen-bond donors (Lipinski definition) is 2. The van der Waals surface area contributed by atoms with E-state index in [1.54, 1.807) is 0 Å². The number of hydrogen-bond acceptors (Lipinski definition) is 2. The summed E-state index contributed by atoms with van der Waals surface area (Å²) in [5.41, 5.74) is 3.79. The van der Waals surface area contributed by atoms with E-state index in [2.05, 4.69) is 94.5 Å². The average Bonchev–Trinajstić information content (AvgIpc) is 3.16. The van der Waals surface area contributed by atoms with Crippen LogP contribution in [-0.4, -0.2) is 35.9 Å². The highest BCUT2D eigenvalue weighted by molar-refractivity contribution is 14.0. The molecule has 2 N–H and O–H groups in total. The maximum absolute atomic E-state index is 4.37. The summed E-state index contributed by atoms with van der Waals surface area (Å²) < 4.78 is 1.98. The minimum Gasteiger partial charge on any atom is -0.356 e. The minimum atomic E-state index is 0. The van der Waals surface area contributed by atoms with E-state index in [0.717, 1.165) is 32.0 Å². The Balaban J connectivity index is 0.00000300. The summed E-state index contributed by atoms with van der Waals surface area (Å²) >= 11 is 0. The lowest BCUT2D eigenvalue weighted by atomic mass is 9.91. The van der Waals surface area contributed by atoms with E-state index in [4.69, 9.17) is 0 Å². The van der Waals surface area contributed by atoms with Gasteiger partial charge in [0.05, 0.1) is 6.20 Å². The Morgan fingerprint density at radius 1 is 1.00 bits per heavy atom. The predicted molar refractivity (Wildman–Crippen MR) is 131 cm³/mol. The summed E-state index contributed by atoms with van der Waals surface area (Å²) in [4.78, 5) is 4.37. The van der Waals surface area contributed by atoms with Gasteiger partial charge in [0.15, 0.2) is 5.96 Å². The molecule has 3 rings (SSSR count). The first-order valence-electron chi connectivity index (χ1n) is 9.79. The molecule has 5 nitrogen and oxygen atoms in total. The number of aromatic nitrogens is 2. The Bertz CT molecular complexity index is 822. The average molecular weight is 503 g/mol. The molecule has 0 radical (unpaired) electrons. The van der Waals surface area contributed by atoms with Crippen LogP contribution in [0.3, 0.4) is 0 Å².